The standard InChI is InChI=1S/C27H23N3O2S/c31-25(17-21-12-6-11-20-10-4-5-15-24(20)21)30-27(33)29-23-14-7-13-22(16-23)26(32)28-18-19-8-2-1-3-9-19/h1-16H,17-18H2,(H,28,32)(H2,29,30,31,33). The van der Waals surface area contributed by atoms with E-state index in [2.05, 4.69) is 16.0 Å². The number of fused-ring (bicyclic) bond motifs is 1. The van der Waals surface area contributed by atoms with E-state index in [4.69, 9.17) is 12.2 Å². The van der Waals surface area contributed by atoms with Crippen LogP contribution in [0.15, 0.2) is 97.1 Å². The lowest BCUT2D eigenvalue weighted by molar-refractivity contribution is -0.119. The number of carbonyl (C=O) groups is 2. The molecule has 2 amide bonds. The molecule has 164 valence electrons. The molecule has 3 N–H and O–H groups in total. The Balaban J connectivity index is 1.33. The summed E-state index contributed by atoms with van der Waals surface area (Å²) < 4.78 is 0. The van der Waals surface area contributed by atoms with E-state index in [9.17, 15) is 9.59 Å². The third-order valence-corrected chi connectivity index (χ3v) is 5.37. The molecule has 0 aromatic heterocycles. The Labute approximate surface area is 197 Å². The summed E-state index contributed by atoms with van der Waals surface area (Å²) in [5.41, 5.74) is 3.08. The van der Waals surface area contributed by atoms with Crippen LogP contribution in [-0.4, -0.2) is 16.9 Å². The zero-order valence-corrected chi connectivity index (χ0v) is 18.7. The second kappa shape index (κ2) is 10.5. The first kappa shape index (κ1) is 22.2. The Bertz CT molecular complexity index is 1300. The number of hydrogen-bond acceptors (Lipinski definition) is 3. The van der Waals surface area contributed by atoms with Gasteiger partial charge in [-0.25, -0.2) is 0 Å². The molecular weight excluding hydrogens is 430 g/mol. The van der Waals surface area contributed by atoms with Gasteiger partial charge in [0.25, 0.3) is 5.91 Å². The molecule has 0 fully saturated rings. The minimum absolute atomic E-state index is 0.182. The minimum Gasteiger partial charge on any atom is -0.348 e. The first-order chi connectivity index (χ1) is 16.1. The summed E-state index contributed by atoms with van der Waals surface area (Å²) in [7, 11) is 0. The van der Waals surface area contributed by atoms with Gasteiger partial charge >= 0.3 is 0 Å². The first-order valence-electron chi connectivity index (χ1n) is 10.6. The average molecular weight is 454 g/mol. The lowest BCUT2D eigenvalue weighted by Gasteiger charge is -2.12. The zero-order chi connectivity index (χ0) is 23.0. The molecule has 33 heavy (non-hydrogen) atoms. The Morgan fingerprint density at radius 2 is 1.52 bits per heavy atom. The van der Waals surface area contributed by atoms with Crippen molar-refractivity contribution in [2.24, 2.45) is 0 Å². The highest BCUT2D eigenvalue weighted by atomic mass is 32.1. The van der Waals surface area contributed by atoms with Gasteiger partial charge < -0.3 is 16.0 Å². The van der Waals surface area contributed by atoms with E-state index in [0.29, 0.717) is 17.8 Å². The molecule has 0 saturated carbocycles. The highest BCUT2D eigenvalue weighted by Crippen LogP contribution is 2.19. The van der Waals surface area contributed by atoms with Crippen LogP contribution >= 0.6 is 12.2 Å². The van der Waals surface area contributed by atoms with Gasteiger partial charge in [-0.05, 0) is 52.3 Å². The van der Waals surface area contributed by atoms with Crippen LogP contribution < -0.4 is 16.0 Å². The topological polar surface area (TPSA) is 70.2 Å². The third kappa shape index (κ3) is 6.02. The Morgan fingerprint density at radius 3 is 2.36 bits per heavy atom. The van der Waals surface area contributed by atoms with E-state index in [1.54, 1.807) is 24.3 Å². The second-order valence-corrected chi connectivity index (χ2v) is 7.97. The number of carbonyl (C=O) groups excluding carboxylic acids is 2. The summed E-state index contributed by atoms with van der Waals surface area (Å²) in [6.07, 6.45) is 0.213. The molecule has 0 unspecified atom stereocenters. The van der Waals surface area contributed by atoms with Crippen LogP contribution in [0.2, 0.25) is 0 Å². The van der Waals surface area contributed by atoms with Gasteiger partial charge in [0.15, 0.2) is 5.11 Å². The lowest BCUT2D eigenvalue weighted by Crippen LogP contribution is -2.35. The summed E-state index contributed by atoms with van der Waals surface area (Å²) in [5, 5.41) is 10.9. The molecule has 0 aliphatic heterocycles. The molecule has 6 heteroatoms. The maximum atomic E-state index is 12.5. The first-order valence-corrected chi connectivity index (χ1v) is 11.0. The molecule has 0 heterocycles. The van der Waals surface area contributed by atoms with Crippen molar-refractivity contribution in [3.8, 4) is 0 Å². The third-order valence-electron chi connectivity index (χ3n) is 5.16. The maximum absolute atomic E-state index is 12.5. The largest absolute Gasteiger partial charge is 0.348 e. The summed E-state index contributed by atoms with van der Waals surface area (Å²) >= 11 is 5.30. The number of amides is 2. The Hall–Kier alpha value is -4.03. The van der Waals surface area contributed by atoms with Crippen molar-refractivity contribution in [3.05, 3.63) is 114 Å². The Morgan fingerprint density at radius 1 is 0.788 bits per heavy atom. The molecule has 0 radical (unpaired) electrons. The van der Waals surface area contributed by atoms with Crippen LogP contribution in [-0.2, 0) is 17.8 Å². The molecule has 0 aliphatic rings. The van der Waals surface area contributed by atoms with Crippen molar-refractivity contribution in [1.29, 1.82) is 0 Å². The second-order valence-electron chi connectivity index (χ2n) is 7.57. The van der Waals surface area contributed by atoms with Crippen LogP contribution in [0.4, 0.5) is 5.69 Å². The number of rotatable bonds is 6. The number of nitrogens with one attached hydrogen (secondary N) is 3. The van der Waals surface area contributed by atoms with Gasteiger partial charge in [-0.3, -0.25) is 9.59 Å². The van der Waals surface area contributed by atoms with Crippen LogP contribution in [0.3, 0.4) is 0 Å². The summed E-state index contributed by atoms with van der Waals surface area (Å²) in [6.45, 7) is 0.444. The molecule has 0 saturated heterocycles. The predicted octanol–water partition coefficient (Wildman–Crippen LogP) is 4.83. The quantitative estimate of drug-likeness (QED) is 0.366. The van der Waals surface area contributed by atoms with Crippen LogP contribution in [0.5, 0.6) is 0 Å². The van der Waals surface area contributed by atoms with Gasteiger partial charge in [-0.1, -0.05) is 78.9 Å². The van der Waals surface area contributed by atoms with E-state index in [0.717, 1.165) is 21.9 Å². The van der Waals surface area contributed by atoms with E-state index >= 15 is 0 Å². The van der Waals surface area contributed by atoms with Gasteiger partial charge in [0, 0.05) is 17.8 Å². The monoisotopic (exact) mass is 453 g/mol. The fraction of sp³-hybridized carbons (Fsp3) is 0.0741. The van der Waals surface area contributed by atoms with Gasteiger partial charge in [-0.2, -0.15) is 0 Å². The van der Waals surface area contributed by atoms with Crippen molar-refractivity contribution in [1.82, 2.24) is 10.6 Å². The van der Waals surface area contributed by atoms with Gasteiger partial charge in [0.2, 0.25) is 5.91 Å². The summed E-state index contributed by atoms with van der Waals surface area (Å²) in [5.74, 6) is -0.394. The van der Waals surface area contributed by atoms with E-state index in [-0.39, 0.29) is 23.3 Å². The van der Waals surface area contributed by atoms with Crippen molar-refractivity contribution >= 4 is 45.6 Å². The molecule has 0 aliphatic carbocycles. The van der Waals surface area contributed by atoms with Crippen molar-refractivity contribution in [2.75, 3.05) is 5.32 Å². The average Bonchev–Trinajstić information content (AvgIpc) is 2.83. The van der Waals surface area contributed by atoms with E-state index in [1.807, 2.05) is 72.8 Å². The normalized spacial score (nSPS) is 10.4. The fourth-order valence-corrected chi connectivity index (χ4v) is 3.80. The summed E-state index contributed by atoms with van der Waals surface area (Å²) in [6, 6.07) is 30.5. The molecule has 0 bridgehead atoms. The molecule has 0 atom stereocenters. The Kier molecular flexibility index (Phi) is 7.07. The number of benzene rings is 4. The van der Waals surface area contributed by atoms with Crippen LogP contribution in [0.1, 0.15) is 21.5 Å². The van der Waals surface area contributed by atoms with Crippen molar-refractivity contribution < 1.29 is 9.59 Å². The van der Waals surface area contributed by atoms with Crippen LogP contribution in [0, 0.1) is 0 Å². The van der Waals surface area contributed by atoms with E-state index < -0.39 is 0 Å². The molecular formula is C27H23N3O2S. The number of hydrogen-bond donors (Lipinski definition) is 3. The molecule has 4 rings (SSSR count). The molecule has 4 aromatic rings. The minimum atomic E-state index is -0.208. The maximum Gasteiger partial charge on any atom is 0.251 e. The zero-order valence-electron chi connectivity index (χ0n) is 17.9. The summed E-state index contributed by atoms with van der Waals surface area (Å²) in [4.78, 5) is 25.1. The lowest BCUT2D eigenvalue weighted by atomic mass is 10.0. The van der Waals surface area contributed by atoms with Crippen molar-refractivity contribution in [3.63, 3.8) is 0 Å². The SMILES string of the molecule is O=C(Cc1cccc2ccccc12)NC(=S)Nc1cccc(C(=O)NCc2ccccc2)c1. The smallest absolute Gasteiger partial charge is 0.251 e. The van der Waals surface area contributed by atoms with Gasteiger partial charge in [-0.15, -0.1) is 0 Å². The van der Waals surface area contributed by atoms with Crippen molar-refractivity contribution in [2.45, 2.75) is 13.0 Å². The predicted molar refractivity (Wildman–Crippen MR) is 136 cm³/mol. The number of anilines is 1. The molecule has 4 aromatic carbocycles. The highest BCUT2D eigenvalue weighted by Gasteiger charge is 2.10. The van der Waals surface area contributed by atoms with Gasteiger partial charge in [0.1, 0.15) is 0 Å². The molecule has 5 nitrogen and oxygen atoms in total. The van der Waals surface area contributed by atoms with E-state index in [1.165, 1.54) is 0 Å². The van der Waals surface area contributed by atoms with Crippen LogP contribution in [0.25, 0.3) is 10.8 Å². The fourth-order valence-electron chi connectivity index (χ4n) is 3.57. The van der Waals surface area contributed by atoms with Gasteiger partial charge in [0.05, 0.1) is 6.42 Å². The highest BCUT2D eigenvalue weighted by molar-refractivity contribution is 7.80. The molecule has 0 spiro atoms. The number of thiocarbonyl (C=S) groups is 1.